The molecule has 0 heterocycles. The molecule has 0 fully saturated rings. The van der Waals surface area contributed by atoms with Crippen molar-refractivity contribution in [3.05, 3.63) is 29.8 Å². The molecule has 0 bridgehead atoms. The predicted molar refractivity (Wildman–Crippen MR) is 75.9 cm³/mol. The lowest BCUT2D eigenvalue weighted by Crippen LogP contribution is -2.43. The van der Waals surface area contributed by atoms with Crippen molar-refractivity contribution in [3.8, 4) is 0 Å². The molecule has 0 atom stereocenters. The number of nitrogens with two attached hydrogens (primary N) is 1. The second-order valence-corrected chi connectivity index (χ2v) is 4.33. The van der Waals surface area contributed by atoms with Crippen molar-refractivity contribution in [1.82, 2.24) is 10.6 Å². The van der Waals surface area contributed by atoms with Gasteiger partial charge < -0.3 is 11.1 Å². The summed E-state index contributed by atoms with van der Waals surface area (Å²) in [6, 6.07) is 6.33. The Hall–Kier alpha value is -2.37. The lowest BCUT2D eigenvalue weighted by atomic mass is 10.1. The molecule has 0 aliphatic carbocycles. The highest BCUT2D eigenvalue weighted by atomic mass is 16.2. The van der Waals surface area contributed by atoms with Gasteiger partial charge in [0.2, 0.25) is 0 Å². The van der Waals surface area contributed by atoms with E-state index in [1.165, 1.54) is 6.07 Å². The molecule has 3 amide bonds. The third-order valence-corrected chi connectivity index (χ3v) is 2.70. The summed E-state index contributed by atoms with van der Waals surface area (Å²) in [6.07, 6.45) is 2.80. The number of imide groups is 1. The maximum absolute atomic E-state index is 11.8. The molecule has 6 nitrogen and oxygen atoms in total. The summed E-state index contributed by atoms with van der Waals surface area (Å²) in [7, 11) is 0. The van der Waals surface area contributed by atoms with Gasteiger partial charge in [-0.05, 0) is 18.6 Å². The van der Waals surface area contributed by atoms with E-state index < -0.39 is 17.7 Å². The predicted octanol–water partition coefficient (Wildman–Crippen LogP) is 0.832. The maximum Gasteiger partial charge on any atom is 0.316 e. The third kappa shape index (κ3) is 4.72. The van der Waals surface area contributed by atoms with E-state index in [0.717, 1.165) is 19.3 Å². The first-order chi connectivity index (χ1) is 9.56. The lowest BCUT2D eigenvalue weighted by Gasteiger charge is -2.07. The number of carbonyl (C=O) groups is 3. The molecule has 6 heteroatoms. The van der Waals surface area contributed by atoms with E-state index in [0.29, 0.717) is 6.54 Å². The number of para-hydroxylation sites is 1. The zero-order valence-electron chi connectivity index (χ0n) is 11.4. The first-order valence-electron chi connectivity index (χ1n) is 6.54. The highest BCUT2D eigenvalue weighted by Gasteiger charge is 2.18. The molecule has 0 aliphatic heterocycles. The van der Waals surface area contributed by atoms with Crippen LogP contribution in [0.15, 0.2) is 24.3 Å². The number of amides is 3. The SMILES string of the molecule is CCCCCNC(=O)C(=O)NC(=O)c1ccccc1N. The number of nitrogens with one attached hydrogen (secondary N) is 2. The Morgan fingerprint density at radius 3 is 2.45 bits per heavy atom. The van der Waals surface area contributed by atoms with Gasteiger partial charge in [0.15, 0.2) is 0 Å². The highest BCUT2D eigenvalue weighted by molar-refractivity contribution is 6.38. The normalized spacial score (nSPS) is 9.85. The summed E-state index contributed by atoms with van der Waals surface area (Å²) in [5.74, 6) is -2.48. The van der Waals surface area contributed by atoms with Crippen LogP contribution in [0.3, 0.4) is 0 Å². The monoisotopic (exact) mass is 277 g/mol. The van der Waals surface area contributed by atoms with E-state index in [4.69, 9.17) is 5.73 Å². The minimum Gasteiger partial charge on any atom is -0.398 e. The van der Waals surface area contributed by atoms with Gasteiger partial charge in [0.25, 0.3) is 5.91 Å². The average Bonchev–Trinajstić information content (AvgIpc) is 2.43. The molecule has 0 unspecified atom stereocenters. The molecule has 20 heavy (non-hydrogen) atoms. The van der Waals surface area contributed by atoms with E-state index in [-0.39, 0.29) is 11.3 Å². The van der Waals surface area contributed by atoms with Crippen LogP contribution in [0.1, 0.15) is 36.5 Å². The fraction of sp³-hybridized carbons (Fsp3) is 0.357. The molecule has 0 aliphatic rings. The van der Waals surface area contributed by atoms with Crippen molar-refractivity contribution in [2.24, 2.45) is 0 Å². The summed E-state index contributed by atoms with van der Waals surface area (Å²) < 4.78 is 0. The smallest absolute Gasteiger partial charge is 0.316 e. The summed E-state index contributed by atoms with van der Waals surface area (Å²) >= 11 is 0. The van der Waals surface area contributed by atoms with Gasteiger partial charge >= 0.3 is 11.8 Å². The Morgan fingerprint density at radius 2 is 1.80 bits per heavy atom. The van der Waals surface area contributed by atoms with Gasteiger partial charge in [-0.15, -0.1) is 0 Å². The van der Waals surface area contributed by atoms with E-state index in [9.17, 15) is 14.4 Å². The molecule has 0 aromatic heterocycles. The summed E-state index contributed by atoms with van der Waals surface area (Å²) in [6.45, 7) is 2.46. The molecule has 108 valence electrons. The van der Waals surface area contributed by atoms with Crippen LogP contribution in [0.5, 0.6) is 0 Å². The molecule has 0 saturated carbocycles. The minimum absolute atomic E-state index is 0.166. The van der Waals surface area contributed by atoms with Crippen LogP contribution in [0.4, 0.5) is 5.69 Å². The third-order valence-electron chi connectivity index (χ3n) is 2.70. The maximum atomic E-state index is 11.8. The molecular formula is C14H19N3O3. The zero-order chi connectivity index (χ0) is 15.0. The molecular weight excluding hydrogens is 258 g/mol. The van der Waals surface area contributed by atoms with Crippen LogP contribution >= 0.6 is 0 Å². The highest BCUT2D eigenvalue weighted by Crippen LogP contribution is 2.09. The van der Waals surface area contributed by atoms with Crippen molar-refractivity contribution in [2.75, 3.05) is 12.3 Å². The van der Waals surface area contributed by atoms with Gasteiger partial charge in [0, 0.05) is 12.2 Å². The Balaban J connectivity index is 2.47. The van der Waals surface area contributed by atoms with E-state index in [1.54, 1.807) is 18.2 Å². The number of benzene rings is 1. The number of hydrogen-bond acceptors (Lipinski definition) is 4. The van der Waals surface area contributed by atoms with Crippen molar-refractivity contribution < 1.29 is 14.4 Å². The number of rotatable bonds is 5. The van der Waals surface area contributed by atoms with Gasteiger partial charge in [-0.25, -0.2) is 0 Å². The number of hydrogen-bond donors (Lipinski definition) is 3. The van der Waals surface area contributed by atoms with Crippen LogP contribution in [0.25, 0.3) is 0 Å². The Bertz CT molecular complexity index is 500. The first-order valence-corrected chi connectivity index (χ1v) is 6.54. The van der Waals surface area contributed by atoms with E-state index >= 15 is 0 Å². The van der Waals surface area contributed by atoms with Crippen molar-refractivity contribution in [2.45, 2.75) is 26.2 Å². The summed E-state index contributed by atoms with van der Waals surface area (Å²) in [5.41, 5.74) is 6.03. The quantitative estimate of drug-likeness (QED) is 0.421. The number of anilines is 1. The van der Waals surface area contributed by atoms with Gasteiger partial charge in [0.05, 0.1) is 5.56 Å². The molecule has 1 aromatic rings. The second-order valence-electron chi connectivity index (χ2n) is 4.33. The molecule has 1 aromatic carbocycles. The standard InChI is InChI=1S/C14H19N3O3/c1-2-3-6-9-16-13(19)14(20)17-12(18)10-7-4-5-8-11(10)15/h4-5,7-8H,2-3,6,9,15H2,1H3,(H,16,19)(H,17,18,20). The largest absolute Gasteiger partial charge is 0.398 e. The first kappa shape index (κ1) is 15.7. The zero-order valence-corrected chi connectivity index (χ0v) is 11.4. The summed E-state index contributed by atoms with van der Waals surface area (Å²) in [5, 5.41) is 4.46. The topological polar surface area (TPSA) is 101 Å². The molecule has 4 N–H and O–H groups in total. The van der Waals surface area contributed by atoms with Gasteiger partial charge in [-0.2, -0.15) is 0 Å². The fourth-order valence-electron chi connectivity index (χ4n) is 1.59. The molecule has 0 radical (unpaired) electrons. The Labute approximate surface area is 117 Å². The summed E-state index contributed by atoms with van der Waals surface area (Å²) in [4.78, 5) is 34.7. The minimum atomic E-state index is -0.977. The lowest BCUT2D eigenvalue weighted by molar-refractivity contribution is -0.138. The molecule has 1 rings (SSSR count). The van der Waals surface area contributed by atoms with Crippen molar-refractivity contribution >= 4 is 23.4 Å². The Kier molecular flexibility index (Phi) is 6.22. The van der Waals surface area contributed by atoms with E-state index in [2.05, 4.69) is 5.32 Å². The van der Waals surface area contributed by atoms with Crippen LogP contribution < -0.4 is 16.4 Å². The van der Waals surface area contributed by atoms with E-state index in [1.807, 2.05) is 12.2 Å². The van der Waals surface area contributed by atoms with Gasteiger partial charge in [-0.1, -0.05) is 31.9 Å². The average molecular weight is 277 g/mol. The van der Waals surface area contributed by atoms with Crippen LogP contribution in [0, 0.1) is 0 Å². The van der Waals surface area contributed by atoms with Crippen LogP contribution in [-0.4, -0.2) is 24.3 Å². The second kappa shape index (κ2) is 7.93. The molecule has 0 spiro atoms. The Morgan fingerprint density at radius 1 is 1.10 bits per heavy atom. The van der Waals surface area contributed by atoms with Crippen molar-refractivity contribution in [1.29, 1.82) is 0 Å². The van der Waals surface area contributed by atoms with Crippen molar-refractivity contribution in [3.63, 3.8) is 0 Å². The van der Waals surface area contributed by atoms with Crippen LogP contribution in [0.2, 0.25) is 0 Å². The fourth-order valence-corrected chi connectivity index (χ4v) is 1.59. The molecule has 0 saturated heterocycles. The number of unbranched alkanes of at least 4 members (excludes halogenated alkanes) is 2. The number of nitrogen functional groups attached to an aromatic ring is 1. The van der Waals surface area contributed by atoms with Gasteiger partial charge in [-0.3, -0.25) is 19.7 Å². The number of carbonyl (C=O) groups excluding carboxylic acids is 3. The van der Waals surface area contributed by atoms with Gasteiger partial charge in [0.1, 0.15) is 0 Å². The van der Waals surface area contributed by atoms with Crippen LogP contribution in [-0.2, 0) is 9.59 Å².